The number of nitrogens with one attached hydrogen (secondary N) is 2. The molecular formula is C40H36FN5O4S. The third-order valence-corrected chi connectivity index (χ3v) is 9.45. The minimum atomic E-state index is -1.00. The first-order valence-corrected chi connectivity index (χ1v) is 17.1. The zero-order chi connectivity index (χ0) is 36.3. The van der Waals surface area contributed by atoms with Crippen molar-refractivity contribution in [2.75, 3.05) is 12.4 Å². The van der Waals surface area contributed by atoms with E-state index >= 15 is 0 Å². The number of rotatable bonds is 9. The molecule has 6 aromatic rings. The first-order valence-electron chi connectivity index (χ1n) is 16.3. The van der Waals surface area contributed by atoms with Crippen LogP contribution >= 0.6 is 11.3 Å². The monoisotopic (exact) mass is 701 g/mol. The lowest BCUT2D eigenvalue weighted by Crippen LogP contribution is -2.41. The summed E-state index contributed by atoms with van der Waals surface area (Å²) in [6.45, 7) is 6.53. The average molecular weight is 702 g/mol. The number of pyridine rings is 1. The number of halogens is 1. The van der Waals surface area contributed by atoms with Crippen molar-refractivity contribution in [1.82, 2.24) is 15.2 Å². The van der Waals surface area contributed by atoms with Crippen LogP contribution in [0.5, 0.6) is 0 Å². The topological polar surface area (TPSA) is 118 Å². The van der Waals surface area contributed by atoms with Crippen LogP contribution in [-0.4, -0.2) is 34.7 Å². The van der Waals surface area contributed by atoms with Gasteiger partial charge in [0.25, 0.3) is 11.8 Å². The number of nitrogens with zero attached hydrogens (tertiary/aromatic N) is 3. The molecule has 0 radical (unpaired) electrons. The molecule has 6 rings (SSSR count). The number of benzene rings is 4. The number of amides is 3. The molecular weight excluding hydrogens is 666 g/mol. The van der Waals surface area contributed by atoms with Crippen molar-refractivity contribution in [1.29, 1.82) is 0 Å². The first-order chi connectivity index (χ1) is 24.4. The Morgan fingerprint density at radius 3 is 2.29 bits per heavy atom. The molecule has 2 aromatic heterocycles. The van der Waals surface area contributed by atoms with Gasteiger partial charge in [-0.25, -0.2) is 9.37 Å². The summed E-state index contributed by atoms with van der Waals surface area (Å²) in [5, 5.41) is 18.8. The molecule has 0 aliphatic heterocycles. The highest BCUT2D eigenvalue weighted by molar-refractivity contribution is 7.20. The first kappa shape index (κ1) is 34.9. The summed E-state index contributed by atoms with van der Waals surface area (Å²) in [5.74, 6) is -1.72. The number of thiazole rings is 1. The Kier molecular flexibility index (Phi) is 9.92. The van der Waals surface area contributed by atoms with Crippen molar-refractivity contribution in [3.8, 4) is 11.3 Å². The smallest absolute Gasteiger partial charge is 0.281 e. The molecule has 4 aromatic carbocycles. The molecule has 0 aliphatic carbocycles. The maximum atomic E-state index is 13.7. The zero-order valence-electron chi connectivity index (χ0n) is 28.5. The number of hydrogen-bond acceptors (Lipinski definition) is 6. The van der Waals surface area contributed by atoms with Gasteiger partial charge in [0.2, 0.25) is 11.6 Å². The molecule has 0 unspecified atom stereocenters. The molecule has 0 aliphatic rings. The molecule has 0 saturated carbocycles. The highest BCUT2D eigenvalue weighted by Gasteiger charge is 2.28. The van der Waals surface area contributed by atoms with Gasteiger partial charge in [0.1, 0.15) is 17.4 Å². The van der Waals surface area contributed by atoms with Gasteiger partial charge in [-0.05, 0) is 70.6 Å². The van der Waals surface area contributed by atoms with Crippen molar-refractivity contribution in [2.24, 2.45) is 0 Å². The van der Waals surface area contributed by atoms with Crippen LogP contribution in [0.3, 0.4) is 0 Å². The highest BCUT2D eigenvalue weighted by atomic mass is 32.1. The summed E-state index contributed by atoms with van der Waals surface area (Å²) in [5.41, 5.74) is 4.43. The Hall–Kier alpha value is -5.94. The summed E-state index contributed by atoms with van der Waals surface area (Å²) in [7, 11) is 1.62. The molecule has 258 valence electrons. The minimum Gasteiger partial charge on any atom is -0.618 e. The van der Waals surface area contributed by atoms with Crippen molar-refractivity contribution in [3.05, 3.63) is 154 Å². The van der Waals surface area contributed by atoms with Crippen molar-refractivity contribution < 1.29 is 23.5 Å². The maximum absolute atomic E-state index is 13.7. The van der Waals surface area contributed by atoms with Crippen LogP contribution in [-0.2, 0) is 16.8 Å². The van der Waals surface area contributed by atoms with E-state index in [0.717, 1.165) is 22.5 Å². The molecule has 11 heteroatoms. The standard InChI is InChI=1S/C40H36FN5O4S/c1-40(2,3)28-16-14-27(15-17-28)35-31(11-8-22-46(35)50)36(47)42-30-20-21-32-33(23-30)51-38(43-32)37(48)44-34(26-9-6-5-7-10-26)39(49)45(4)24-25-12-18-29(41)19-13-25/h5-23,34H,24H2,1-4H3,(H,42,47)(H,44,48)/t34-/m0/s1. The van der Waals surface area contributed by atoms with Crippen LogP contribution < -0.4 is 15.4 Å². The van der Waals surface area contributed by atoms with E-state index in [1.165, 1.54) is 29.3 Å². The van der Waals surface area contributed by atoms with E-state index in [1.807, 2.05) is 30.3 Å². The van der Waals surface area contributed by atoms with Gasteiger partial charge in [0, 0.05) is 30.9 Å². The summed E-state index contributed by atoms with van der Waals surface area (Å²) in [6.07, 6.45) is 1.36. The van der Waals surface area contributed by atoms with Gasteiger partial charge < -0.3 is 20.7 Å². The number of fused-ring (bicyclic) bond motifs is 1. The summed E-state index contributed by atoms with van der Waals surface area (Å²) < 4.78 is 14.7. The molecule has 51 heavy (non-hydrogen) atoms. The second-order valence-corrected chi connectivity index (χ2v) is 14.2. The minimum absolute atomic E-state index is 0.0668. The number of carbonyl (C=O) groups excluding carboxylic acids is 3. The Morgan fingerprint density at radius 2 is 1.61 bits per heavy atom. The van der Waals surface area contributed by atoms with Gasteiger partial charge in [-0.3, -0.25) is 14.4 Å². The quantitative estimate of drug-likeness (QED) is 0.120. The van der Waals surface area contributed by atoms with Gasteiger partial charge in [0.15, 0.2) is 11.2 Å². The molecule has 9 nitrogen and oxygen atoms in total. The normalized spacial score (nSPS) is 11.9. The van der Waals surface area contributed by atoms with Crippen LogP contribution in [0.4, 0.5) is 10.1 Å². The molecule has 0 saturated heterocycles. The summed E-state index contributed by atoms with van der Waals surface area (Å²) >= 11 is 1.12. The number of aromatic nitrogens is 2. The van der Waals surface area contributed by atoms with Gasteiger partial charge in [-0.2, -0.15) is 4.73 Å². The van der Waals surface area contributed by atoms with E-state index in [4.69, 9.17) is 0 Å². The molecule has 0 fully saturated rings. The van der Waals surface area contributed by atoms with Crippen molar-refractivity contribution >= 4 is 45.0 Å². The van der Waals surface area contributed by atoms with E-state index in [2.05, 4.69) is 36.4 Å². The zero-order valence-corrected chi connectivity index (χ0v) is 29.3. The average Bonchev–Trinajstić information content (AvgIpc) is 3.55. The molecule has 3 amide bonds. The van der Waals surface area contributed by atoms with Crippen molar-refractivity contribution in [2.45, 2.75) is 38.8 Å². The fourth-order valence-electron chi connectivity index (χ4n) is 5.67. The largest absolute Gasteiger partial charge is 0.618 e. The van der Waals surface area contributed by atoms with Crippen LogP contribution in [0.2, 0.25) is 0 Å². The predicted molar refractivity (Wildman–Crippen MR) is 197 cm³/mol. The number of anilines is 1. The summed E-state index contributed by atoms with van der Waals surface area (Å²) in [4.78, 5) is 46.8. The fourth-order valence-corrected chi connectivity index (χ4v) is 6.58. The van der Waals surface area contributed by atoms with E-state index in [9.17, 15) is 24.0 Å². The lowest BCUT2D eigenvalue weighted by Gasteiger charge is -2.25. The Labute approximate surface area is 299 Å². The van der Waals surface area contributed by atoms with E-state index < -0.39 is 17.9 Å². The van der Waals surface area contributed by atoms with E-state index in [1.54, 1.807) is 67.7 Å². The van der Waals surface area contributed by atoms with Crippen LogP contribution in [0.1, 0.15) is 63.7 Å². The lowest BCUT2D eigenvalue weighted by molar-refractivity contribution is -0.593. The SMILES string of the molecule is CN(Cc1ccc(F)cc1)C(=O)[C@@H](NC(=O)c1nc2ccc(NC(=O)c3ccc[n+]([O-])c3-c3ccc(C(C)(C)C)cc3)cc2s1)c1ccccc1. The number of carbonyl (C=O) groups is 3. The molecule has 1 atom stereocenters. The maximum Gasteiger partial charge on any atom is 0.281 e. The third-order valence-electron chi connectivity index (χ3n) is 8.43. The van der Waals surface area contributed by atoms with E-state index in [-0.39, 0.29) is 39.9 Å². The molecule has 0 bridgehead atoms. The number of hydrogen-bond donors (Lipinski definition) is 2. The second kappa shape index (κ2) is 14.5. The predicted octanol–water partition coefficient (Wildman–Crippen LogP) is 7.42. The molecule has 2 N–H and O–H groups in total. The third kappa shape index (κ3) is 7.94. The van der Waals surface area contributed by atoms with Gasteiger partial charge >= 0.3 is 0 Å². The lowest BCUT2D eigenvalue weighted by atomic mass is 9.86. The Morgan fingerprint density at radius 1 is 0.902 bits per heavy atom. The Bertz CT molecular complexity index is 2220. The van der Waals surface area contributed by atoms with Crippen LogP contribution in [0.25, 0.3) is 21.5 Å². The van der Waals surface area contributed by atoms with Gasteiger partial charge in [0.05, 0.1) is 10.2 Å². The fraction of sp³-hybridized carbons (Fsp3) is 0.175. The van der Waals surface area contributed by atoms with Gasteiger partial charge in [-0.15, -0.1) is 11.3 Å². The van der Waals surface area contributed by atoms with Crippen molar-refractivity contribution in [3.63, 3.8) is 0 Å². The highest BCUT2D eigenvalue weighted by Crippen LogP contribution is 2.29. The molecule has 2 heterocycles. The second-order valence-electron chi connectivity index (χ2n) is 13.2. The van der Waals surface area contributed by atoms with Crippen LogP contribution in [0.15, 0.2) is 115 Å². The summed E-state index contributed by atoms with van der Waals surface area (Å²) in [6, 6.07) is 29.6. The van der Waals surface area contributed by atoms with Crippen LogP contribution in [0, 0.1) is 11.0 Å². The number of likely N-dealkylation sites (N-methyl/N-ethyl adjacent to an activating group) is 1. The molecule has 0 spiro atoms. The van der Waals surface area contributed by atoms with Gasteiger partial charge in [-0.1, -0.05) is 75.4 Å². The van der Waals surface area contributed by atoms with E-state index in [0.29, 0.717) is 31.8 Å². The Balaban J connectivity index is 1.20.